The SMILES string of the molecule is COc1ccc(OC)c(CN2CCc3nc(C4CC4)ncc3C2)c1. The van der Waals surface area contributed by atoms with E-state index >= 15 is 0 Å². The van der Waals surface area contributed by atoms with Crippen molar-refractivity contribution < 1.29 is 9.47 Å². The van der Waals surface area contributed by atoms with Crippen molar-refractivity contribution in [1.29, 1.82) is 0 Å². The number of hydrogen-bond donors (Lipinski definition) is 0. The molecule has 0 bridgehead atoms. The predicted octanol–water partition coefficient (Wildman–Crippen LogP) is 2.93. The molecule has 0 radical (unpaired) electrons. The minimum absolute atomic E-state index is 0.620. The van der Waals surface area contributed by atoms with Gasteiger partial charge in [-0.05, 0) is 31.0 Å². The van der Waals surface area contributed by atoms with Gasteiger partial charge in [-0.2, -0.15) is 0 Å². The Bertz CT molecular complexity index is 743. The van der Waals surface area contributed by atoms with Crippen molar-refractivity contribution in [3.63, 3.8) is 0 Å². The molecule has 5 nitrogen and oxygen atoms in total. The lowest BCUT2D eigenvalue weighted by atomic mass is 10.1. The van der Waals surface area contributed by atoms with E-state index in [-0.39, 0.29) is 0 Å². The lowest BCUT2D eigenvalue weighted by molar-refractivity contribution is 0.238. The van der Waals surface area contributed by atoms with Gasteiger partial charge in [-0.25, -0.2) is 9.97 Å². The summed E-state index contributed by atoms with van der Waals surface area (Å²) in [6, 6.07) is 5.96. The Balaban J connectivity index is 1.50. The molecule has 0 amide bonds. The number of hydrogen-bond acceptors (Lipinski definition) is 5. The van der Waals surface area contributed by atoms with Crippen LogP contribution >= 0.6 is 0 Å². The Kier molecular flexibility index (Phi) is 4.10. The average Bonchev–Trinajstić information content (AvgIpc) is 3.46. The average molecular weight is 325 g/mol. The van der Waals surface area contributed by atoms with Gasteiger partial charge in [0.05, 0.1) is 14.2 Å². The van der Waals surface area contributed by atoms with Crippen molar-refractivity contribution in [2.45, 2.75) is 38.3 Å². The van der Waals surface area contributed by atoms with Gasteiger partial charge >= 0.3 is 0 Å². The lowest BCUT2D eigenvalue weighted by Crippen LogP contribution is -2.31. The first-order valence-electron chi connectivity index (χ1n) is 8.54. The van der Waals surface area contributed by atoms with Crippen LogP contribution in [0.4, 0.5) is 0 Å². The molecule has 2 aromatic rings. The smallest absolute Gasteiger partial charge is 0.131 e. The van der Waals surface area contributed by atoms with E-state index < -0.39 is 0 Å². The van der Waals surface area contributed by atoms with E-state index in [1.165, 1.54) is 24.1 Å². The first kappa shape index (κ1) is 15.4. The molecule has 2 aliphatic rings. The van der Waals surface area contributed by atoms with Gasteiger partial charge in [0.25, 0.3) is 0 Å². The maximum atomic E-state index is 5.50. The zero-order chi connectivity index (χ0) is 16.5. The fourth-order valence-electron chi connectivity index (χ4n) is 3.31. The van der Waals surface area contributed by atoms with Gasteiger partial charge in [-0.15, -0.1) is 0 Å². The zero-order valence-corrected chi connectivity index (χ0v) is 14.3. The standard InChI is InChI=1S/C19H23N3O2/c1-23-16-5-6-18(24-2)14(9-16)11-22-8-7-17-15(12-22)10-20-19(21-17)13-3-4-13/h5-6,9-10,13H,3-4,7-8,11-12H2,1-2H3. The molecular formula is C19H23N3O2. The predicted molar refractivity (Wildman–Crippen MR) is 91.4 cm³/mol. The van der Waals surface area contributed by atoms with Crippen LogP contribution in [-0.4, -0.2) is 35.6 Å². The highest BCUT2D eigenvalue weighted by Crippen LogP contribution is 2.38. The largest absolute Gasteiger partial charge is 0.497 e. The van der Waals surface area contributed by atoms with Gasteiger partial charge < -0.3 is 9.47 Å². The molecule has 4 rings (SSSR count). The third-order valence-electron chi connectivity index (χ3n) is 4.86. The maximum absolute atomic E-state index is 5.50. The third-order valence-corrected chi connectivity index (χ3v) is 4.86. The summed E-state index contributed by atoms with van der Waals surface area (Å²) in [5, 5.41) is 0. The summed E-state index contributed by atoms with van der Waals surface area (Å²) in [7, 11) is 3.40. The van der Waals surface area contributed by atoms with Crippen LogP contribution in [0.25, 0.3) is 0 Å². The van der Waals surface area contributed by atoms with Crippen molar-refractivity contribution >= 4 is 0 Å². The summed E-state index contributed by atoms with van der Waals surface area (Å²) in [5.74, 6) is 3.44. The highest BCUT2D eigenvalue weighted by molar-refractivity contribution is 5.40. The first-order valence-corrected chi connectivity index (χ1v) is 8.54. The number of ether oxygens (including phenoxy) is 2. The number of aromatic nitrogens is 2. The van der Waals surface area contributed by atoms with Gasteiger partial charge in [0.2, 0.25) is 0 Å². The van der Waals surface area contributed by atoms with Crippen LogP contribution in [-0.2, 0) is 19.5 Å². The normalized spacial score (nSPS) is 17.4. The number of nitrogens with zero attached hydrogens (tertiary/aromatic N) is 3. The summed E-state index contributed by atoms with van der Waals surface area (Å²) in [4.78, 5) is 11.8. The molecule has 0 atom stereocenters. The molecule has 1 saturated carbocycles. The van der Waals surface area contributed by atoms with Crippen LogP contribution in [0.1, 0.15) is 41.4 Å². The third kappa shape index (κ3) is 3.08. The molecule has 0 saturated heterocycles. The second-order valence-corrected chi connectivity index (χ2v) is 6.61. The van der Waals surface area contributed by atoms with Gasteiger partial charge in [-0.1, -0.05) is 0 Å². The molecule has 1 aliphatic carbocycles. The second kappa shape index (κ2) is 6.40. The van der Waals surface area contributed by atoms with Crippen LogP contribution in [0.15, 0.2) is 24.4 Å². The molecule has 2 heterocycles. The fourth-order valence-corrected chi connectivity index (χ4v) is 3.31. The highest BCUT2D eigenvalue weighted by atomic mass is 16.5. The van der Waals surface area contributed by atoms with Gasteiger partial charge in [0.1, 0.15) is 17.3 Å². The van der Waals surface area contributed by atoms with E-state index in [4.69, 9.17) is 14.5 Å². The monoisotopic (exact) mass is 325 g/mol. The van der Waals surface area contributed by atoms with Crippen molar-refractivity contribution in [2.24, 2.45) is 0 Å². The molecule has 1 aromatic carbocycles. The van der Waals surface area contributed by atoms with Crippen LogP contribution in [0.5, 0.6) is 11.5 Å². The molecule has 0 spiro atoms. The summed E-state index contributed by atoms with van der Waals surface area (Å²) in [6.45, 7) is 2.74. The molecule has 1 fully saturated rings. The van der Waals surface area contributed by atoms with Gasteiger partial charge in [0, 0.05) is 55.0 Å². The highest BCUT2D eigenvalue weighted by Gasteiger charge is 2.28. The Morgan fingerprint density at radius 2 is 2.08 bits per heavy atom. The number of rotatable bonds is 5. The van der Waals surface area contributed by atoms with Crippen molar-refractivity contribution in [1.82, 2.24) is 14.9 Å². The number of benzene rings is 1. The van der Waals surface area contributed by atoms with Gasteiger partial charge in [0.15, 0.2) is 0 Å². The lowest BCUT2D eigenvalue weighted by Gasteiger charge is -2.28. The molecular weight excluding hydrogens is 302 g/mol. The summed E-state index contributed by atoms with van der Waals surface area (Å²) < 4.78 is 10.8. The Labute approximate surface area is 142 Å². The van der Waals surface area contributed by atoms with Crippen molar-refractivity contribution in [3.05, 3.63) is 47.0 Å². The van der Waals surface area contributed by atoms with Crippen LogP contribution < -0.4 is 9.47 Å². The van der Waals surface area contributed by atoms with E-state index in [2.05, 4.69) is 16.0 Å². The quantitative estimate of drug-likeness (QED) is 0.846. The Hall–Kier alpha value is -2.14. The number of fused-ring (bicyclic) bond motifs is 1. The van der Waals surface area contributed by atoms with E-state index in [0.29, 0.717) is 5.92 Å². The molecule has 0 unspecified atom stereocenters. The molecule has 1 aliphatic heterocycles. The maximum Gasteiger partial charge on any atom is 0.131 e. The second-order valence-electron chi connectivity index (χ2n) is 6.61. The van der Waals surface area contributed by atoms with Gasteiger partial charge in [-0.3, -0.25) is 4.90 Å². The molecule has 1 aromatic heterocycles. The minimum atomic E-state index is 0.620. The topological polar surface area (TPSA) is 47.5 Å². The summed E-state index contributed by atoms with van der Waals surface area (Å²) in [5.41, 5.74) is 3.64. The first-order chi connectivity index (χ1) is 11.8. The van der Waals surface area contributed by atoms with E-state index in [1.807, 2.05) is 18.3 Å². The van der Waals surface area contributed by atoms with Crippen LogP contribution in [0.3, 0.4) is 0 Å². The summed E-state index contributed by atoms with van der Waals surface area (Å²) >= 11 is 0. The fraction of sp³-hybridized carbons (Fsp3) is 0.474. The Morgan fingerprint density at radius 3 is 2.83 bits per heavy atom. The Morgan fingerprint density at radius 1 is 1.21 bits per heavy atom. The van der Waals surface area contributed by atoms with E-state index in [1.54, 1.807) is 14.2 Å². The van der Waals surface area contributed by atoms with E-state index in [9.17, 15) is 0 Å². The van der Waals surface area contributed by atoms with Crippen molar-refractivity contribution in [2.75, 3.05) is 20.8 Å². The minimum Gasteiger partial charge on any atom is -0.497 e. The van der Waals surface area contributed by atoms with Crippen LogP contribution in [0, 0.1) is 0 Å². The van der Waals surface area contributed by atoms with Crippen molar-refractivity contribution in [3.8, 4) is 11.5 Å². The summed E-state index contributed by atoms with van der Waals surface area (Å²) in [6.07, 6.45) is 5.52. The van der Waals surface area contributed by atoms with E-state index in [0.717, 1.165) is 48.9 Å². The molecule has 0 N–H and O–H groups in total. The zero-order valence-electron chi connectivity index (χ0n) is 14.3. The van der Waals surface area contributed by atoms with Crippen LogP contribution in [0.2, 0.25) is 0 Å². The molecule has 5 heteroatoms. The number of methoxy groups -OCH3 is 2. The molecule has 24 heavy (non-hydrogen) atoms. The molecule has 126 valence electrons.